The molecule has 0 bridgehead atoms. The summed E-state index contributed by atoms with van der Waals surface area (Å²) < 4.78 is 0. The lowest BCUT2D eigenvalue weighted by Gasteiger charge is -2.04. The van der Waals surface area contributed by atoms with Crippen molar-refractivity contribution in [3.05, 3.63) is 30.1 Å². The maximum atomic E-state index is 4.01. The van der Waals surface area contributed by atoms with E-state index in [1.807, 2.05) is 24.2 Å². The first-order chi connectivity index (χ1) is 7.93. The van der Waals surface area contributed by atoms with Gasteiger partial charge in [0.25, 0.3) is 0 Å². The van der Waals surface area contributed by atoms with Crippen molar-refractivity contribution in [3.63, 3.8) is 0 Å². The smallest absolute Gasteiger partial charge is 0.0270 e. The van der Waals surface area contributed by atoms with Gasteiger partial charge in [0, 0.05) is 12.4 Å². The molecule has 2 nitrogen and oxygen atoms in total. The molecule has 0 atom stereocenters. The molecule has 1 heterocycles. The van der Waals surface area contributed by atoms with E-state index in [0.29, 0.717) is 0 Å². The number of rotatable bonds is 9. The van der Waals surface area contributed by atoms with Crippen molar-refractivity contribution in [2.75, 3.05) is 25.1 Å². The number of hydrogen-bond donors (Lipinski definition) is 1. The predicted octanol–water partition coefficient (Wildman–Crippen LogP) is 2.75. The van der Waals surface area contributed by atoms with Gasteiger partial charge in [-0.05, 0) is 62.1 Å². The number of unbranched alkanes of at least 4 members (excludes halogenated alkanes) is 2. The summed E-state index contributed by atoms with van der Waals surface area (Å²) in [5, 5.41) is 3.48. The van der Waals surface area contributed by atoms with Crippen LogP contribution in [-0.2, 0) is 6.42 Å². The second-order valence-corrected chi connectivity index (χ2v) is 4.89. The van der Waals surface area contributed by atoms with Crippen LogP contribution in [0.15, 0.2) is 24.5 Å². The highest BCUT2D eigenvalue weighted by atomic mass is 32.2. The minimum Gasteiger partial charge on any atom is -0.316 e. The summed E-state index contributed by atoms with van der Waals surface area (Å²) >= 11 is 1.94. The molecular formula is C13H22N2S. The van der Waals surface area contributed by atoms with Crippen LogP contribution in [0.3, 0.4) is 0 Å². The van der Waals surface area contributed by atoms with Crippen LogP contribution in [0, 0.1) is 0 Å². The summed E-state index contributed by atoms with van der Waals surface area (Å²) in [7, 11) is 0. The van der Waals surface area contributed by atoms with E-state index in [2.05, 4.69) is 28.7 Å². The average molecular weight is 238 g/mol. The highest BCUT2D eigenvalue weighted by Crippen LogP contribution is 2.01. The lowest BCUT2D eigenvalue weighted by molar-refractivity contribution is 0.618. The maximum Gasteiger partial charge on any atom is 0.0270 e. The second kappa shape index (κ2) is 9.67. The number of nitrogens with zero attached hydrogens (tertiary/aromatic N) is 1. The predicted molar refractivity (Wildman–Crippen MR) is 73.0 cm³/mol. The molecule has 0 aliphatic carbocycles. The third-order valence-electron chi connectivity index (χ3n) is 2.54. The van der Waals surface area contributed by atoms with Crippen molar-refractivity contribution in [2.24, 2.45) is 0 Å². The average Bonchev–Trinajstić information content (AvgIpc) is 2.34. The highest BCUT2D eigenvalue weighted by Gasteiger charge is 1.92. The van der Waals surface area contributed by atoms with Gasteiger partial charge in [-0.2, -0.15) is 11.8 Å². The molecule has 1 N–H and O–H groups in total. The maximum absolute atomic E-state index is 4.01. The fourth-order valence-electron chi connectivity index (χ4n) is 1.58. The van der Waals surface area contributed by atoms with Gasteiger partial charge in [0.2, 0.25) is 0 Å². The van der Waals surface area contributed by atoms with Crippen LogP contribution in [-0.4, -0.2) is 30.1 Å². The molecule has 0 saturated heterocycles. The van der Waals surface area contributed by atoms with E-state index < -0.39 is 0 Å². The second-order valence-electron chi connectivity index (χ2n) is 3.91. The molecule has 90 valence electrons. The first-order valence-corrected chi connectivity index (χ1v) is 7.41. The summed E-state index contributed by atoms with van der Waals surface area (Å²) in [6.45, 7) is 2.23. The lowest BCUT2D eigenvalue weighted by atomic mass is 10.2. The van der Waals surface area contributed by atoms with Crippen molar-refractivity contribution in [1.82, 2.24) is 10.3 Å². The monoisotopic (exact) mass is 238 g/mol. The van der Waals surface area contributed by atoms with Crippen molar-refractivity contribution in [3.8, 4) is 0 Å². The Kier molecular flexibility index (Phi) is 8.17. The van der Waals surface area contributed by atoms with Crippen LogP contribution >= 0.6 is 11.8 Å². The molecular weight excluding hydrogens is 216 g/mol. The molecule has 0 radical (unpaired) electrons. The van der Waals surface area contributed by atoms with Crippen molar-refractivity contribution in [2.45, 2.75) is 25.7 Å². The zero-order valence-corrected chi connectivity index (χ0v) is 10.9. The number of aromatic nitrogens is 1. The van der Waals surface area contributed by atoms with E-state index in [4.69, 9.17) is 0 Å². The standard InChI is InChI=1S/C13H22N2S/c1-16-12-4-2-3-8-14-9-5-13-6-10-15-11-7-13/h6-7,10-11,14H,2-5,8-9,12H2,1H3. The summed E-state index contributed by atoms with van der Waals surface area (Å²) in [5.74, 6) is 1.30. The van der Waals surface area contributed by atoms with Crippen molar-refractivity contribution in [1.29, 1.82) is 0 Å². The number of nitrogens with one attached hydrogen (secondary N) is 1. The summed E-state index contributed by atoms with van der Waals surface area (Å²) in [5.41, 5.74) is 1.37. The third-order valence-corrected chi connectivity index (χ3v) is 3.24. The van der Waals surface area contributed by atoms with Gasteiger partial charge in [0.05, 0.1) is 0 Å². The van der Waals surface area contributed by atoms with E-state index in [-0.39, 0.29) is 0 Å². The van der Waals surface area contributed by atoms with Crippen molar-refractivity contribution >= 4 is 11.8 Å². The van der Waals surface area contributed by atoms with Crippen LogP contribution in [0.5, 0.6) is 0 Å². The molecule has 0 aromatic carbocycles. The molecule has 1 aromatic heterocycles. The molecule has 3 heteroatoms. The Hall–Kier alpha value is -0.540. The van der Waals surface area contributed by atoms with Gasteiger partial charge in [-0.25, -0.2) is 0 Å². The SMILES string of the molecule is CSCCCCCNCCc1ccncc1. The van der Waals surface area contributed by atoms with E-state index in [1.165, 1.54) is 30.6 Å². The first-order valence-electron chi connectivity index (χ1n) is 6.02. The molecule has 1 rings (SSSR count). The Balaban J connectivity index is 1.89. The minimum absolute atomic E-state index is 1.08. The molecule has 0 aliphatic heterocycles. The molecule has 0 amide bonds. The van der Waals surface area contributed by atoms with Gasteiger partial charge in [0.1, 0.15) is 0 Å². The van der Waals surface area contributed by atoms with Gasteiger partial charge in [-0.15, -0.1) is 0 Å². The Morgan fingerprint density at radius 3 is 2.69 bits per heavy atom. The summed E-state index contributed by atoms with van der Waals surface area (Å²) in [6.07, 6.45) is 11.0. The van der Waals surface area contributed by atoms with Crippen LogP contribution < -0.4 is 5.32 Å². The van der Waals surface area contributed by atoms with Crippen LogP contribution in [0.1, 0.15) is 24.8 Å². The van der Waals surface area contributed by atoms with Crippen LogP contribution in [0.2, 0.25) is 0 Å². The molecule has 0 fully saturated rings. The Morgan fingerprint density at radius 2 is 1.94 bits per heavy atom. The Labute approximate surface area is 103 Å². The molecule has 1 aromatic rings. The molecule has 0 unspecified atom stereocenters. The largest absolute Gasteiger partial charge is 0.316 e. The quantitative estimate of drug-likeness (QED) is 0.670. The molecule has 0 spiro atoms. The Morgan fingerprint density at radius 1 is 1.12 bits per heavy atom. The van der Waals surface area contributed by atoms with E-state index in [1.54, 1.807) is 0 Å². The Bertz CT molecular complexity index is 251. The fourth-order valence-corrected chi connectivity index (χ4v) is 2.07. The fraction of sp³-hybridized carbons (Fsp3) is 0.615. The lowest BCUT2D eigenvalue weighted by Crippen LogP contribution is -2.18. The zero-order chi connectivity index (χ0) is 11.5. The number of hydrogen-bond acceptors (Lipinski definition) is 3. The minimum atomic E-state index is 1.08. The van der Waals surface area contributed by atoms with Gasteiger partial charge < -0.3 is 5.32 Å². The normalized spacial score (nSPS) is 10.6. The van der Waals surface area contributed by atoms with Crippen LogP contribution in [0.4, 0.5) is 0 Å². The van der Waals surface area contributed by atoms with Gasteiger partial charge >= 0.3 is 0 Å². The number of thioether (sulfide) groups is 1. The zero-order valence-electron chi connectivity index (χ0n) is 10.1. The third kappa shape index (κ3) is 6.85. The first kappa shape index (κ1) is 13.5. The van der Waals surface area contributed by atoms with Crippen LogP contribution in [0.25, 0.3) is 0 Å². The summed E-state index contributed by atoms with van der Waals surface area (Å²) in [4.78, 5) is 4.01. The van der Waals surface area contributed by atoms with Gasteiger partial charge in [0.15, 0.2) is 0 Å². The molecule has 0 aliphatic rings. The molecule has 0 saturated carbocycles. The van der Waals surface area contributed by atoms with Gasteiger partial charge in [-0.1, -0.05) is 6.42 Å². The van der Waals surface area contributed by atoms with E-state index in [9.17, 15) is 0 Å². The van der Waals surface area contributed by atoms with Gasteiger partial charge in [-0.3, -0.25) is 4.98 Å². The summed E-state index contributed by atoms with van der Waals surface area (Å²) in [6, 6.07) is 4.17. The topological polar surface area (TPSA) is 24.9 Å². The van der Waals surface area contributed by atoms with E-state index >= 15 is 0 Å². The number of pyridine rings is 1. The highest BCUT2D eigenvalue weighted by molar-refractivity contribution is 7.98. The van der Waals surface area contributed by atoms with E-state index in [0.717, 1.165) is 19.5 Å². The molecule has 16 heavy (non-hydrogen) atoms. The van der Waals surface area contributed by atoms with Crippen molar-refractivity contribution < 1.29 is 0 Å².